The predicted octanol–water partition coefficient (Wildman–Crippen LogP) is 4.08. The summed E-state index contributed by atoms with van der Waals surface area (Å²) in [5.74, 6) is -1.49. The van der Waals surface area contributed by atoms with E-state index in [2.05, 4.69) is 5.32 Å². The molecule has 0 aliphatic carbocycles. The van der Waals surface area contributed by atoms with Crippen molar-refractivity contribution in [3.63, 3.8) is 0 Å². The second-order valence-corrected chi connectivity index (χ2v) is 9.96. The summed E-state index contributed by atoms with van der Waals surface area (Å²) in [5.41, 5.74) is 1.31. The van der Waals surface area contributed by atoms with Crippen LogP contribution in [0.5, 0.6) is 5.75 Å². The number of carbonyl (C=O) groups is 2. The van der Waals surface area contributed by atoms with Gasteiger partial charge in [-0.1, -0.05) is 30.3 Å². The third kappa shape index (κ3) is 6.12. The van der Waals surface area contributed by atoms with Gasteiger partial charge in [0.1, 0.15) is 22.5 Å². The van der Waals surface area contributed by atoms with Crippen molar-refractivity contribution in [1.82, 2.24) is 4.90 Å². The van der Waals surface area contributed by atoms with Crippen molar-refractivity contribution < 1.29 is 27.1 Å². The number of likely N-dealkylation sites (N-methyl/N-ethyl adjacent to an activating group) is 1. The molecule has 2 amide bonds. The minimum absolute atomic E-state index is 0.0387. The summed E-state index contributed by atoms with van der Waals surface area (Å²) in [6.45, 7) is 0. The fourth-order valence-electron chi connectivity index (χ4n) is 3.35. The summed E-state index contributed by atoms with van der Waals surface area (Å²) in [4.78, 5) is 27.3. The number of rotatable bonds is 8. The van der Waals surface area contributed by atoms with E-state index in [1.165, 1.54) is 61.5 Å². The van der Waals surface area contributed by atoms with Crippen LogP contribution in [0, 0.1) is 5.82 Å². The molecule has 0 aromatic heterocycles. The summed E-state index contributed by atoms with van der Waals surface area (Å²) in [6, 6.07) is 17.2. The Morgan fingerprint density at radius 2 is 1.71 bits per heavy atom. The molecule has 0 bridgehead atoms. The highest BCUT2D eigenvalue weighted by Gasteiger charge is 2.28. The number of nitrogens with zero attached hydrogens (tertiary/aromatic N) is 1. The maximum Gasteiger partial charge on any atom is 0.264 e. The van der Waals surface area contributed by atoms with Crippen molar-refractivity contribution in [2.45, 2.75) is 17.4 Å². The van der Waals surface area contributed by atoms with Gasteiger partial charge in [0.15, 0.2) is 0 Å². The monoisotopic (exact) mass is 504 g/mol. The summed E-state index contributed by atoms with van der Waals surface area (Å²) in [6.07, 6.45) is 0.210. The Labute approximate surface area is 201 Å². The molecule has 3 aromatic rings. The summed E-state index contributed by atoms with van der Waals surface area (Å²) in [5, 5.41) is 2.70. The molecule has 0 saturated carbocycles. The van der Waals surface area contributed by atoms with E-state index in [4.69, 9.17) is 15.4 Å². The molecule has 3 rings (SSSR count). The third-order valence-electron chi connectivity index (χ3n) is 5.15. The SMILES string of the molecule is COc1cc(NC(=O)[C@H](Cc2ccccc2)N(C)C(=O)c2ccc(F)cc2)ccc1S(=O)(=O)Cl. The lowest BCUT2D eigenvalue weighted by molar-refractivity contribution is -0.120. The number of ether oxygens (including phenoxy) is 1. The third-order valence-corrected chi connectivity index (χ3v) is 6.51. The Morgan fingerprint density at radius 1 is 1.06 bits per heavy atom. The molecule has 0 aliphatic heterocycles. The predicted molar refractivity (Wildman–Crippen MR) is 127 cm³/mol. The molecule has 0 spiro atoms. The molecule has 0 saturated heterocycles. The molecule has 0 heterocycles. The molecule has 178 valence electrons. The molecule has 0 fully saturated rings. The Balaban J connectivity index is 1.90. The number of carbonyl (C=O) groups excluding carboxylic acids is 2. The van der Waals surface area contributed by atoms with Crippen molar-refractivity contribution in [1.29, 1.82) is 0 Å². The first kappa shape index (κ1) is 25.2. The van der Waals surface area contributed by atoms with E-state index in [0.29, 0.717) is 0 Å². The first-order valence-electron chi connectivity index (χ1n) is 10.1. The van der Waals surface area contributed by atoms with Crippen LogP contribution in [-0.4, -0.2) is 45.3 Å². The van der Waals surface area contributed by atoms with Crippen LogP contribution in [0.1, 0.15) is 15.9 Å². The zero-order valence-electron chi connectivity index (χ0n) is 18.4. The molecule has 3 aromatic carbocycles. The molecule has 0 radical (unpaired) electrons. The zero-order chi connectivity index (χ0) is 24.9. The molecule has 1 N–H and O–H groups in total. The minimum atomic E-state index is -4.05. The Morgan fingerprint density at radius 3 is 2.29 bits per heavy atom. The molecule has 34 heavy (non-hydrogen) atoms. The van der Waals surface area contributed by atoms with E-state index in [1.807, 2.05) is 30.3 Å². The summed E-state index contributed by atoms with van der Waals surface area (Å²) >= 11 is 0. The Kier molecular flexibility index (Phi) is 7.90. The van der Waals surface area contributed by atoms with Crippen LogP contribution in [0.3, 0.4) is 0 Å². The average Bonchev–Trinajstić information content (AvgIpc) is 2.82. The van der Waals surface area contributed by atoms with E-state index in [-0.39, 0.29) is 28.3 Å². The fourth-order valence-corrected chi connectivity index (χ4v) is 4.35. The highest BCUT2D eigenvalue weighted by molar-refractivity contribution is 8.13. The van der Waals surface area contributed by atoms with Gasteiger partial charge in [-0.05, 0) is 42.0 Å². The van der Waals surface area contributed by atoms with Crippen molar-refractivity contribution >= 4 is 37.2 Å². The van der Waals surface area contributed by atoms with E-state index in [1.54, 1.807) is 0 Å². The van der Waals surface area contributed by atoms with Gasteiger partial charge >= 0.3 is 0 Å². The largest absolute Gasteiger partial charge is 0.495 e. The zero-order valence-corrected chi connectivity index (χ0v) is 19.9. The van der Waals surface area contributed by atoms with Gasteiger partial charge in [0, 0.05) is 41.5 Å². The van der Waals surface area contributed by atoms with Gasteiger partial charge in [-0.2, -0.15) is 0 Å². The van der Waals surface area contributed by atoms with Gasteiger partial charge in [-0.25, -0.2) is 12.8 Å². The quantitative estimate of drug-likeness (QED) is 0.466. The normalized spacial score (nSPS) is 12.0. The van der Waals surface area contributed by atoms with Gasteiger partial charge in [0.2, 0.25) is 5.91 Å². The standard InChI is InChI=1S/C24H22ClFN2O5S/c1-28(24(30)17-8-10-18(26)11-9-17)20(14-16-6-4-3-5-7-16)23(29)27-19-12-13-22(34(25,31)32)21(15-19)33-2/h3-13,15,20H,14H2,1-2H3,(H,27,29)/t20-/m0/s1. The van der Waals surface area contributed by atoms with E-state index < -0.39 is 32.7 Å². The highest BCUT2D eigenvalue weighted by Crippen LogP contribution is 2.30. The van der Waals surface area contributed by atoms with E-state index >= 15 is 0 Å². The van der Waals surface area contributed by atoms with Crippen LogP contribution in [0.2, 0.25) is 0 Å². The smallest absolute Gasteiger partial charge is 0.264 e. The first-order chi connectivity index (χ1) is 16.1. The summed E-state index contributed by atoms with van der Waals surface area (Å²) in [7, 11) is 4.14. The van der Waals surface area contributed by atoms with E-state index in [0.717, 1.165) is 5.56 Å². The lowest BCUT2D eigenvalue weighted by atomic mass is 10.0. The van der Waals surface area contributed by atoms with Crippen LogP contribution in [-0.2, 0) is 20.3 Å². The maximum atomic E-state index is 13.3. The van der Waals surface area contributed by atoms with Crippen molar-refractivity contribution in [2.75, 3.05) is 19.5 Å². The lowest BCUT2D eigenvalue weighted by Crippen LogP contribution is -2.46. The number of benzene rings is 3. The van der Waals surface area contributed by atoms with Crippen LogP contribution >= 0.6 is 10.7 Å². The first-order valence-corrected chi connectivity index (χ1v) is 12.4. The molecule has 1 atom stereocenters. The second-order valence-electron chi connectivity index (χ2n) is 7.42. The van der Waals surface area contributed by atoms with Gasteiger partial charge < -0.3 is 15.0 Å². The molecule has 7 nitrogen and oxygen atoms in total. The van der Waals surface area contributed by atoms with Gasteiger partial charge in [-0.15, -0.1) is 0 Å². The van der Waals surface area contributed by atoms with Gasteiger partial charge in [0.05, 0.1) is 7.11 Å². The number of anilines is 1. The van der Waals surface area contributed by atoms with Crippen LogP contribution in [0.15, 0.2) is 77.7 Å². The molecular weight excluding hydrogens is 483 g/mol. The molecular formula is C24H22ClFN2O5S. The van der Waals surface area contributed by atoms with Gasteiger partial charge in [-0.3, -0.25) is 9.59 Å². The van der Waals surface area contributed by atoms with Crippen molar-refractivity contribution in [3.05, 3.63) is 89.7 Å². The molecule has 10 heteroatoms. The Hall–Kier alpha value is -3.43. The average molecular weight is 505 g/mol. The van der Waals surface area contributed by atoms with Crippen LogP contribution in [0.25, 0.3) is 0 Å². The maximum absolute atomic E-state index is 13.3. The summed E-state index contributed by atoms with van der Waals surface area (Å²) < 4.78 is 41.8. The fraction of sp³-hybridized carbons (Fsp3) is 0.167. The van der Waals surface area contributed by atoms with Gasteiger partial charge in [0.25, 0.3) is 15.0 Å². The van der Waals surface area contributed by atoms with E-state index in [9.17, 15) is 22.4 Å². The number of hydrogen-bond acceptors (Lipinski definition) is 5. The van der Waals surface area contributed by atoms with Crippen LogP contribution < -0.4 is 10.1 Å². The number of nitrogens with one attached hydrogen (secondary N) is 1. The van der Waals surface area contributed by atoms with Crippen LogP contribution in [0.4, 0.5) is 10.1 Å². The number of amides is 2. The van der Waals surface area contributed by atoms with Crippen molar-refractivity contribution in [3.8, 4) is 5.75 Å². The Bertz CT molecular complexity index is 1280. The molecule has 0 aliphatic rings. The number of hydrogen-bond donors (Lipinski definition) is 1. The minimum Gasteiger partial charge on any atom is -0.495 e. The highest BCUT2D eigenvalue weighted by atomic mass is 35.7. The lowest BCUT2D eigenvalue weighted by Gasteiger charge is -2.28. The number of halogens is 2. The topological polar surface area (TPSA) is 92.8 Å². The van der Waals surface area contributed by atoms with Crippen molar-refractivity contribution in [2.24, 2.45) is 0 Å². The molecule has 0 unspecified atom stereocenters. The second kappa shape index (κ2) is 10.7. The number of methoxy groups -OCH3 is 1.